The van der Waals surface area contributed by atoms with Gasteiger partial charge >= 0.3 is 0 Å². The number of phenols is 1. The Hall–Kier alpha value is -3.58. The number of aromatic hydroxyl groups is 1. The number of methoxy groups -OCH3 is 1. The van der Waals surface area contributed by atoms with Crippen molar-refractivity contribution in [1.82, 2.24) is 5.32 Å². The van der Waals surface area contributed by atoms with Gasteiger partial charge in [0.2, 0.25) is 0 Å². The zero-order chi connectivity index (χ0) is 20.6. The molecule has 0 aliphatic heterocycles. The van der Waals surface area contributed by atoms with E-state index in [9.17, 15) is 9.90 Å². The lowest BCUT2D eigenvalue weighted by Crippen LogP contribution is -2.34. The summed E-state index contributed by atoms with van der Waals surface area (Å²) in [6.45, 7) is 0.404. The smallest absolute Gasteiger partial charge is 0.257 e. The summed E-state index contributed by atoms with van der Waals surface area (Å²) in [5.41, 5.74) is 1.76. The Morgan fingerprint density at radius 1 is 1.00 bits per heavy atom. The van der Waals surface area contributed by atoms with E-state index >= 15 is 0 Å². The largest absolute Gasteiger partial charge is 0.506 e. The number of hydrogen-bond acceptors (Lipinski definition) is 5. The average Bonchev–Trinajstić information content (AvgIpc) is 2.74. The van der Waals surface area contributed by atoms with Crippen molar-refractivity contribution in [3.63, 3.8) is 0 Å². The van der Waals surface area contributed by atoms with Gasteiger partial charge < -0.3 is 19.9 Å². The van der Waals surface area contributed by atoms with Crippen LogP contribution in [-0.2, 0) is 6.61 Å². The SMILES string of the molecule is COc1ccc(O)c(NC(=S)NC(=O)c2cccc(OCc3ccccc3)c2)c1. The molecule has 0 atom stereocenters. The first-order valence-corrected chi connectivity index (χ1v) is 9.22. The van der Waals surface area contributed by atoms with Crippen molar-refractivity contribution in [1.29, 1.82) is 0 Å². The Morgan fingerprint density at radius 3 is 2.55 bits per heavy atom. The number of carbonyl (C=O) groups excluding carboxylic acids is 1. The second-order valence-corrected chi connectivity index (χ2v) is 6.50. The number of thiocarbonyl (C=S) groups is 1. The van der Waals surface area contributed by atoms with E-state index in [0.717, 1.165) is 5.56 Å². The van der Waals surface area contributed by atoms with E-state index in [2.05, 4.69) is 10.6 Å². The van der Waals surface area contributed by atoms with Gasteiger partial charge in [-0.2, -0.15) is 0 Å². The monoisotopic (exact) mass is 408 g/mol. The van der Waals surface area contributed by atoms with E-state index in [4.69, 9.17) is 21.7 Å². The van der Waals surface area contributed by atoms with Gasteiger partial charge in [-0.05, 0) is 48.1 Å². The van der Waals surface area contributed by atoms with Crippen molar-refractivity contribution in [3.8, 4) is 17.2 Å². The Bertz CT molecular complexity index is 1010. The number of amides is 1. The molecular weight excluding hydrogens is 388 g/mol. The highest BCUT2D eigenvalue weighted by Gasteiger charge is 2.11. The number of anilines is 1. The molecule has 6 nitrogen and oxygen atoms in total. The predicted octanol–water partition coefficient (Wildman–Crippen LogP) is 4.11. The van der Waals surface area contributed by atoms with Gasteiger partial charge in [0.25, 0.3) is 5.91 Å². The molecule has 0 saturated carbocycles. The summed E-state index contributed by atoms with van der Waals surface area (Å²) in [7, 11) is 1.52. The summed E-state index contributed by atoms with van der Waals surface area (Å²) in [6, 6.07) is 21.2. The Kier molecular flexibility index (Phi) is 6.65. The summed E-state index contributed by atoms with van der Waals surface area (Å²) < 4.78 is 10.9. The predicted molar refractivity (Wildman–Crippen MR) is 116 cm³/mol. The highest BCUT2D eigenvalue weighted by molar-refractivity contribution is 7.80. The van der Waals surface area contributed by atoms with Crippen molar-refractivity contribution in [2.24, 2.45) is 0 Å². The zero-order valence-electron chi connectivity index (χ0n) is 15.7. The molecule has 0 fully saturated rings. The number of phenolic OH excluding ortho intramolecular Hbond substituents is 1. The summed E-state index contributed by atoms with van der Waals surface area (Å²) in [5, 5.41) is 15.3. The Labute approximate surface area is 174 Å². The topological polar surface area (TPSA) is 79.8 Å². The second-order valence-electron chi connectivity index (χ2n) is 6.09. The van der Waals surface area contributed by atoms with Crippen LogP contribution in [0.3, 0.4) is 0 Å². The van der Waals surface area contributed by atoms with Crippen LogP contribution in [0.1, 0.15) is 15.9 Å². The van der Waals surface area contributed by atoms with E-state index in [-0.39, 0.29) is 10.9 Å². The van der Waals surface area contributed by atoms with E-state index in [0.29, 0.717) is 29.4 Å². The Morgan fingerprint density at radius 2 is 1.79 bits per heavy atom. The molecule has 3 rings (SSSR count). The van der Waals surface area contributed by atoms with Gasteiger partial charge in [0.15, 0.2) is 5.11 Å². The fourth-order valence-electron chi connectivity index (χ4n) is 2.54. The lowest BCUT2D eigenvalue weighted by Gasteiger charge is -2.12. The third-order valence-corrected chi connectivity index (χ3v) is 4.23. The molecule has 0 aliphatic carbocycles. The minimum absolute atomic E-state index is 0.0151. The number of carbonyl (C=O) groups is 1. The molecule has 0 aliphatic rings. The Balaban J connectivity index is 1.61. The van der Waals surface area contributed by atoms with Crippen LogP contribution in [-0.4, -0.2) is 23.2 Å². The normalized spacial score (nSPS) is 10.1. The van der Waals surface area contributed by atoms with Crippen LogP contribution in [0.5, 0.6) is 17.2 Å². The molecule has 0 heterocycles. The van der Waals surface area contributed by atoms with E-state index in [1.54, 1.807) is 36.4 Å². The molecule has 3 aromatic rings. The van der Waals surface area contributed by atoms with Gasteiger partial charge in [0, 0.05) is 11.6 Å². The third kappa shape index (κ3) is 5.70. The minimum atomic E-state index is -0.393. The lowest BCUT2D eigenvalue weighted by atomic mass is 10.2. The summed E-state index contributed by atoms with van der Waals surface area (Å²) in [6.07, 6.45) is 0. The van der Waals surface area contributed by atoms with Crippen molar-refractivity contribution < 1.29 is 19.4 Å². The summed E-state index contributed by atoms with van der Waals surface area (Å²) in [4.78, 5) is 12.5. The maximum Gasteiger partial charge on any atom is 0.257 e. The van der Waals surface area contributed by atoms with Crippen LogP contribution in [0.2, 0.25) is 0 Å². The molecule has 7 heteroatoms. The average molecular weight is 408 g/mol. The molecule has 3 N–H and O–H groups in total. The van der Waals surface area contributed by atoms with Crippen LogP contribution in [0.25, 0.3) is 0 Å². The number of benzene rings is 3. The number of ether oxygens (including phenoxy) is 2. The van der Waals surface area contributed by atoms with Crippen molar-refractivity contribution in [2.45, 2.75) is 6.61 Å². The lowest BCUT2D eigenvalue weighted by molar-refractivity contribution is 0.0977. The van der Waals surface area contributed by atoms with Gasteiger partial charge in [0.1, 0.15) is 23.9 Å². The number of hydrogen-bond donors (Lipinski definition) is 3. The van der Waals surface area contributed by atoms with Crippen LogP contribution < -0.4 is 20.1 Å². The second kappa shape index (κ2) is 9.57. The van der Waals surface area contributed by atoms with E-state index in [1.165, 1.54) is 13.2 Å². The van der Waals surface area contributed by atoms with E-state index in [1.807, 2.05) is 30.3 Å². The molecule has 1 amide bonds. The zero-order valence-corrected chi connectivity index (χ0v) is 16.5. The van der Waals surface area contributed by atoms with Crippen LogP contribution in [0, 0.1) is 0 Å². The summed E-state index contributed by atoms with van der Waals surface area (Å²) in [5.74, 6) is 0.710. The third-order valence-electron chi connectivity index (χ3n) is 4.02. The molecule has 3 aromatic carbocycles. The molecule has 0 spiro atoms. The molecule has 0 unspecified atom stereocenters. The van der Waals surface area contributed by atoms with Gasteiger partial charge in [-0.1, -0.05) is 36.4 Å². The maximum atomic E-state index is 12.5. The molecular formula is C22H20N2O4S. The molecule has 29 heavy (non-hydrogen) atoms. The van der Waals surface area contributed by atoms with Crippen molar-refractivity contribution in [2.75, 3.05) is 12.4 Å². The fourth-order valence-corrected chi connectivity index (χ4v) is 2.74. The quantitative estimate of drug-likeness (QED) is 0.421. The minimum Gasteiger partial charge on any atom is -0.506 e. The summed E-state index contributed by atoms with van der Waals surface area (Å²) >= 11 is 5.17. The van der Waals surface area contributed by atoms with Gasteiger partial charge in [-0.3, -0.25) is 10.1 Å². The highest BCUT2D eigenvalue weighted by Crippen LogP contribution is 2.27. The first kappa shape index (κ1) is 20.2. The molecule has 0 radical (unpaired) electrons. The van der Waals surface area contributed by atoms with E-state index < -0.39 is 5.91 Å². The maximum absolute atomic E-state index is 12.5. The number of nitrogens with one attached hydrogen (secondary N) is 2. The first-order chi connectivity index (χ1) is 14.0. The van der Waals surface area contributed by atoms with Crippen LogP contribution in [0.15, 0.2) is 72.8 Å². The molecule has 148 valence electrons. The van der Waals surface area contributed by atoms with Crippen LogP contribution in [0.4, 0.5) is 5.69 Å². The highest BCUT2D eigenvalue weighted by atomic mass is 32.1. The molecule has 0 saturated heterocycles. The first-order valence-electron chi connectivity index (χ1n) is 8.81. The molecule has 0 aromatic heterocycles. The number of rotatable bonds is 6. The van der Waals surface area contributed by atoms with Gasteiger partial charge in [0.05, 0.1) is 12.8 Å². The van der Waals surface area contributed by atoms with Crippen molar-refractivity contribution in [3.05, 3.63) is 83.9 Å². The fraction of sp³-hybridized carbons (Fsp3) is 0.0909. The van der Waals surface area contributed by atoms with Gasteiger partial charge in [-0.25, -0.2) is 0 Å². The van der Waals surface area contributed by atoms with Crippen LogP contribution >= 0.6 is 12.2 Å². The standard InChI is InChI=1S/C22H20N2O4S/c1-27-17-10-11-20(25)19(13-17)23-22(29)24-21(26)16-8-5-9-18(12-16)28-14-15-6-3-2-4-7-15/h2-13,25H,14H2,1H3,(H2,23,24,26,29). The van der Waals surface area contributed by atoms with Crippen molar-refractivity contribution >= 4 is 28.9 Å². The molecule has 0 bridgehead atoms. The van der Waals surface area contributed by atoms with Gasteiger partial charge in [-0.15, -0.1) is 0 Å².